The van der Waals surface area contributed by atoms with Gasteiger partial charge in [-0.05, 0) is 40.2 Å². The Morgan fingerprint density at radius 1 is 1.24 bits per heavy atom. The fourth-order valence-electron chi connectivity index (χ4n) is 1.55. The number of nitrogens with zero attached hydrogens (tertiary/aromatic N) is 1. The van der Waals surface area contributed by atoms with Crippen LogP contribution in [0.5, 0.6) is 0 Å². The van der Waals surface area contributed by atoms with E-state index in [1.54, 1.807) is 24.4 Å². The van der Waals surface area contributed by atoms with Crippen LogP contribution >= 0.6 is 27.7 Å². The fraction of sp³-hybridized carbons (Fsp3) is 0.154. The third kappa shape index (κ3) is 4.90. The van der Waals surface area contributed by atoms with Crippen molar-refractivity contribution in [1.29, 1.82) is 0 Å². The Bertz CT molecular complexity index is 723. The van der Waals surface area contributed by atoms with E-state index in [1.807, 2.05) is 18.2 Å². The molecule has 0 spiro atoms. The first kappa shape index (κ1) is 16.1. The number of benzene rings is 1. The third-order valence-corrected chi connectivity index (χ3v) is 5.81. The number of nitrogens with two attached hydrogens (primary N) is 1. The van der Waals surface area contributed by atoms with Gasteiger partial charge in [0.2, 0.25) is 10.0 Å². The molecule has 1 aromatic heterocycles. The minimum absolute atomic E-state index is 0.00661. The van der Waals surface area contributed by atoms with Crippen LogP contribution in [0.1, 0.15) is 0 Å². The Morgan fingerprint density at radius 2 is 2.00 bits per heavy atom. The summed E-state index contributed by atoms with van der Waals surface area (Å²) in [6.45, 7) is 0. The van der Waals surface area contributed by atoms with Crippen molar-refractivity contribution >= 4 is 49.1 Å². The first-order chi connectivity index (χ1) is 9.98. The molecule has 3 N–H and O–H groups in total. The Morgan fingerprint density at radius 3 is 2.71 bits per heavy atom. The summed E-state index contributed by atoms with van der Waals surface area (Å²) >= 11 is 4.62. The standard InChI is InChI=1S/C13H14BrN3O2S2/c14-13-11(5-3-7-16-13)17-21(18,19)9-8-20-12-6-2-1-4-10(12)15/h1-7,17H,8-9,15H2. The number of nitrogen functional groups attached to an aromatic ring is 1. The van der Waals surface area contributed by atoms with E-state index in [0.717, 1.165) is 4.90 Å². The Labute approximate surface area is 136 Å². The molecule has 112 valence electrons. The zero-order valence-corrected chi connectivity index (χ0v) is 14.2. The highest BCUT2D eigenvalue weighted by Gasteiger charge is 2.13. The Kier molecular flexibility index (Phi) is 5.49. The molecule has 0 atom stereocenters. The van der Waals surface area contributed by atoms with Gasteiger partial charge in [0.15, 0.2) is 0 Å². The smallest absolute Gasteiger partial charge is 0.233 e. The first-order valence-corrected chi connectivity index (χ1v) is 9.49. The van der Waals surface area contributed by atoms with Gasteiger partial charge in [-0.15, -0.1) is 11.8 Å². The largest absolute Gasteiger partial charge is 0.398 e. The van der Waals surface area contributed by atoms with Gasteiger partial charge in [0.05, 0.1) is 11.4 Å². The lowest BCUT2D eigenvalue weighted by atomic mass is 10.3. The Balaban J connectivity index is 1.93. The summed E-state index contributed by atoms with van der Waals surface area (Å²) in [5.74, 6) is 0.411. The first-order valence-electron chi connectivity index (χ1n) is 6.06. The van der Waals surface area contributed by atoms with Gasteiger partial charge in [0, 0.05) is 22.5 Å². The lowest BCUT2D eigenvalue weighted by Gasteiger charge is -2.09. The lowest BCUT2D eigenvalue weighted by molar-refractivity contribution is 0.602. The number of halogens is 1. The Hall–Kier alpha value is -1.25. The maximum Gasteiger partial charge on any atom is 0.233 e. The average Bonchev–Trinajstić information content (AvgIpc) is 2.43. The number of rotatable bonds is 6. The van der Waals surface area contributed by atoms with Gasteiger partial charge in [0.25, 0.3) is 0 Å². The van der Waals surface area contributed by atoms with E-state index >= 15 is 0 Å². The summed E-state index contributed by atoms with van der Waals surface area (Å²) in [6, 6.07) is 10.7. The van der Waals surface area contributed by atoms with Crippen molar-refractivity contribution in [2.75, 3.05) is 22.0 Å². The van der Waals surface area contributed by atoms with Gasteiger partial charge < -0.3 is 5.73 Å². The van der Waals surface area contributed by atoms with E-state index in [9.17, 15) is 8.42 Å². The highest BCUT2D eigenvalue weighted by Crippen LogP contribution is 2.25. The predicted octanol–water partition coefficient (Wildman–Crippen LogP) is 2.96. The van der Waals surface area contributed by atoms with Gasteiger partial charge in [-0.2, -0.15) is 0 Å². The van der Waals surface area contributed by atoms with Crippen LogP contribution in [-0.4, -0.2) is 24.9 Å². The molecular weight excluding hydrogens is 374 g/mol. The molecule has 5 nitrogen and oxygen atoms in total. The number of hydrogen-bond acceptors (Lipinski definition) is 5. The molecule has 2 aromatic rings. The molecule has 2 rings (SSSR count). The van der Waals surface area contributed by atoms with Crippen molar-refractivity contribution in [2.24, 2.45) is 0 Å². The summed E-state index contributed by atoms with van der Waals surface area (Å²) in [5, 5.41) is 0. The number of aromatic nitrogens is 1. The molecule has 1 heterocycles. The van der Waals surface area contributed by atoms with Crippen LogP contribution in [0.25, 0.3) is 0 Å². The van der Waals surface area contributed by atoms with E-state index < -0.39 is 10.0 Å². The zero-order valence-electron chi connectivity index (χ0n) is 11.0. The molecule has 0 aliphatic carbocycles. The maximum atomic E-state index is 12.0. The number of hydrogen-bond donors (Lipinski definition) is 2. The quantitative estimate of drug-likeness (QED) is 0.452. The van der Waals surface area contributed by atoms with Crippen molar-refractivity contribution in [3.05, 3.63) is 47.2 Å². The van der Waals surface area contributed by atoms with Gasteiger partial charge in [-0.3, -0.25) is 4.72 Å². The van der Waals surface area contributed by atoms with Crippen LogP contribution in [-0.2, 0) is 10.0 Å². The highest BCUT2D eigenvalue weighted by molar-refractivity contribution is 9.10. The second kappa shape index (κ2) is 7.15. The lowest BCUT2D eigenvalue weighted by Crippen LogP contribution is -2.18. The van der Waals surface area contributed by atoms with Crippen molar-refractivity contribution in [2.45, 2.75) is 4.90 Å². The van der Waals surface area contributed by atoms with Crippen molar-refractivity contribution in [3.63, 3.8) is 0 Å². The molecule has 0 fully saturated rings. The number of anilines is 2. The molecule has 0 radical (unpaired) electrons. The van der Waals surface area contributed by atoms with Crippen LogP contribution in [0.3, 0.4) is 0 Å². The predicted molar refractivity (Wildman–Crippen MR) is 90.9 cm³/mol. The SMILES string of the molecule is Nc1ccccc1SCCS(=O)(=O)Nc1cccnc1Br. The number of sulfonamides is 1. The molecule has 0 bridgehead atoms. The summed E-state index contributed by atoms with van der Waals surface area (Å²) < 4.78 is 27.0. The number of thioether (sulfide) groups is 1. The zero-order chi connectivity index (χ0) is 15.3. The van der Waals surface area contributed by atoms with Gasteiger partial charge in [0.1, 0.15) is 4.60 Å². The number of nitrogens with one attached hydrogen (secondary N) is 1. The second-order valence-electron chi connectivity index (χ2n) is 4.15. The van der Waals surface area contributed by atoms with Crippen LogP contribution in [0, 0.1) is 0 Å². The third-order valence-electron chi connectivity index (χ3n) is 2.55. The van der Waals surface area contributed by atoms with Gasteiger partial charge in [-0.1, -0.05) is 12.1 Å². The molecule has 0 aliphatic rings. The molecule has 1 aromatic carbocycles. The second-order valence-corrected chi connectivity index (χ2v) is 7.88. The molecule has 0 aliphatic heterocycles. The molecule has 0 amide bonds. The van der Waals surface area contributed by atoms with E-state index in [0.29, 0.717) is 21.7 Å². The van der Waals surface area contributed by atoms with Crippen LogP contribution in [0.15, 0.2) is 52.1 Å². The summed E-state index contributed by atoms with van der Waals surface area (Å²) in [4.78, 5) is 4.86. The minimum Gasteiger partial charge on any atom is -0.398 e. The summed E-state index contributed by atoms with van der Waals surface area (Å²) in [6.07, 6.45) is 1.58. The normalized spacial score (nSPS) is 11.3. The van der Waals surface area contributed by atoms with Gasteiger partial charge in [-0.25, -0.2) is 13.4 Å². The average molecular weight is 388 g/mol. The van der Waals surface area contributed by atoms with Crippen molar-refractivity contribution < 1.29 is 8.42 Å². The molecule has 0 unspecified atom stereocenters. The van der Waals surface area contributed by atoms with Crippen LogP contribution in [0.2, 0.25) is 0 Å². The van der Waals surface area contributed by atoms with E-state index in [2.05, 4.69) is 25.6 Å². The van der Waals surface area contributed by atoms with Crippen molar-refractivity contribution in [1.82, 2.24) is 4.98 Å². The maximum absolute atomic E-state index is 12.0. The minimum atomic E-state index is -3.42. The van der Waals surface area contributed by atoms with Crippen LogP contribution in [0.4, 0.5) is 11.4 Å². The molecule has 0 saturated heterocycles. The van der Waals surface area contributed by atoms with Crippen molar-refractivity contribution in [3.8, 4) is 0 Å². The molecular formula is C13H14BrN3O2S2. The fourth-order valence-corrected chi connectivity index (χ4v) is 4.48. The van der Waals surface area contributed by atoms with E-state index in [4.69, 9.17) is 5.73 Å². The summed E-state index contributed by atoms with van der Waals surface area (Å²) in [7, 11) is -3.42. The van der Waals surface area contributed by atoms with Crippen LogP contribution < -0.4 is 10.5 Å². The number of pyridine rings is 1. The van der Waals surface area contributed by atoms with E-state index in [-0.39, 0.29) is 5.75 Å². The number of para-hydroxylation sites is 1. The topological polar surface area (TPSA) is 85.1 Å². The summed E-state index contributed by atoms with van der Waals surface area (Å²) in [5.41, 5.74) is 6.90. The van der Waals surface area contributed by atoms with E-state index in [1.165, 1.54) is 11.8 Å². The monoisotopic (exact) mass is 387 g/mol. The molecule has 8 heteroatoms. The highest BCUT2D eigenvalue weighted by atomic mass is 79.9. The molecule has 0 saturated carbocycles. The molecule has 21 heavy (non-hydrogen) atoms. The van der Waals surface area contributed by atoms with Gasteiger partial charge >= 0.3 is 0 Å².